The first-order chi connectivity index (χ1) is 16.4. The molecule has 0 aliphatic carbocycles. The highest BCUT2D eigenvalue weighted by Gasteiger charge is 2.15. The van der Waals surface area contributed by atoms with Gasteiger partial charge < -0.3 is 14.8 Å². The molecule has 3 rings (SSSR count). The molecule has 8 heteroatoms. The molecule has 0 aromatic heterocycles. The molecule has 3 aromatic rings. The summed E-state index contributed by atoms with van der Waals surface area (Å²) in [7, 11) is -3.76. The Labute approximate surface area is 201 Å². The molecule has 0 radical (unpaired) electrons. The van der Waals surface area contributed by atoms with Gasteiger partial charge in [-0.3, -0.25) is 9.52 Å². The van der Waals surface area contributed by atoms with E-state index in [1.165, 1.54) is 29.8 Å². The number of benzene rings is 3. The summed E-state index contributed by atoms with van der Waals surface area (Å²) in [5.41, 5.74) is 1.66. The molecule has 180 valence electrons. The molecule has 0 aliphatic heterocycles. The highest BCUT2D eigenvalue weighted by atomic mass is 32.2. The molecular weight excluding hydrogens is 452 g/mol. The Morgan fingerprint density at radius 2 is 1.50 bits per heavy atom. The largest absolute Gasteiger partial charge is 0.494 e. The minimum Gasteiger partial charge on any atom is -0.494 e. The lowest BCUT2D eigenvalue weighted by molar-refractivity contribution is -0.123. The number of rotatable bonds is 12. The summed E-state index contributed by atoms with van der Waals surface area (Å²) in [5, 5.41) is 2.92. The first kappa shape index (κ1) is 25.1. The maximum absolute atomic E-state index is 12.6. The van der Waals surface area contributed by atoms with Crippen LogP contribution < -0.4 is 19.5 Å². The molecule has 34 heavy (non-hydrogen) atoms. The van der Waals surface area contributed by atoms with Gasteiger partial charge in [-0.25, -0.2) is 8.42 Å². The SMILES string of the molecule is CCOc1ccc(NS(=O)(=O)c2ccc(OCC(=O)N[C@@H](C)CCc3ccccc3)cc2)cc1. The van der Waals surface area contributed by atoms with Gasteiger partial charge in [-0.15, -0.1) is 0 Å². The van der Waals surface area contributed by atoms with Gasteiger partial charge in [0.2, 0.25) is 0 Å². The van der Waals surface area contributed by atoms with Gasteiger partial charge >= 0.3 is 0 Å². The molecule has 0 fully saturated rings. The van der Waals surface area contributed by atoms with Crippen molar-refractivity contribution in [3.63, 3.8) is 0 Å². The summed E-state index contributed by atoms with van der Waals surface area (Å²) < 4.78 is 38.7. The third-order valence-corrected chi connectivity index (χ3v) is 6.43. The number of hydrogen-bond donors (Lipinski definition) is 2. The lowest BCUT2D eigenvalue weighted by Crippen LogP contribution is -2.36. The van der Waals surface area contributed by atoms with Gasteiger partial charge in [0.05, 0.1) is 11.5 Å². The smallest absolute Gasteiger partial charge is 0.261 e. The van der Waals surface area contributed by atoms with Crippen LogP contribution in [0.1, 0.15) is 25.8 Å². The zero-order valence-electron chi connectivity index (χ0n) is 19.4. The molecule has 0 unspecified atom stereocenters. The van der Waals surface area contributed by atoms with Crippen LogP contribution in [0, 0.1) is 0 Å². The average molecular weight is 483 g/mol. The van der Waals surface area contributed by atoms with Crippen LogP contribution in [0.25, 0.3) is 0 Å². The Morgan fingerprint density at radius 3 is 2.15 bits per heavy atom. The van der Waals surface area contributed by atoms with E-state index in [-0.39, 0.29) is 23.5 Å². The molecular formula is C26H30N2O5S. The minimum absolute atomic E-state index is 0.0116. The van der Waals surface area contributed by atoms with E-state index in [1.54, 1.807) is 24.3 Å². The summed E-state index contributed by atoms with van der Waals surface area (Å²) in [5.74, 6) is 0.850. The summed E-state index contributed by atoms with van der Waals surface area (Å²) in [6.07, 6.45) is 1.70. The number of carbonyl (C=O) groups is 1. The van der Waals surface area contributed by atoms with Crippen molar-refractivity contribution in [1.82, 2.24) is 5.32 Å². The van der Waals surface area contributed by atoms with Crippen molar-refractivity contribution < 1.29 is 22.7 Å². The Hall–Kier alpha value is -3.52. The quantitative estimate of drug-likeness (QED) is 0.399. The van der Waals surface area contributed by atoms with Gasteiger partial charge in [0.25, 0.3) is 15.9 Å². The number of anilines is 1. The van der Waals surface area contributed by atoms with E-state index in [9.17, 15) is 13.2 Å². The van der Waals surface area contributed by atoms with Crippen LogP contribution in [0.15, 0.2) is 83.8 Å². The van der Waals surface area contributed by atoms with Gasteiger partial charge in [-0.1, -0.05) is 30.3 Å². The van der Waals surface area contributed by atoms with Crippen molar-refractivity contribution in [2.45, 2.75) is 37.6 Å². The second kappa shape index (κ2) is 12.1. The number of sulfonamides is 1. The van der Waals surface area contributed by atoms with Crippen LogP contribution in [-0.2, 0) is 21.2 Å². The maximum Gasteiger partial charge on any atom is 0.261 e. The number of aryl methyl sites for hydroxylation is 1. The third kappa shape index (κ3) is 7.81. The highest BCUT2D eigenvalue weighted by molar-refractivity contribution is 7.92. The van der Waals surface area contributed by atoms with E-state index >= 15 is 0 Å². The summed E-state index contributed by atoms with van der Waals surface area (Å²) >= 11 is 0. The lowest BCUT2D eigenvalue weighted by Gasteiger charge is -2.14. The monoisotopic (exact) mass is 482 g/mol. The second-order valence-electron chi connectivity index (χ2n) is 7.82. The fourth-order valence-corrected chi connectivity index (χ4v) is 4.34. The molecule has 7 nitrogen and oxygen atoms in total. The summed E-state index contributed by atoms with van der Waals surface area (Å²) in [6.45, 7) is 4.22. The van der Waals surface area contributed by atoms with Crippen molar-refractivity contribution in [2.24, 2.45) is 0 Å². The highest BCUT2D eigenvalue weighted by Crippen LogP contribution is 2.21. The first-order valence-electron chi connectivity index (χ1n) is 11.2. The number of ether oxygens (including phenoxy) is 2. The Kier molecular flexibility index (Phi) is 8.93. The Morgan fingerprint density at radius 1 is 0.882 bits per heavy atom. The van der Waals surface area contributed by atoms with Gasteiger partial charge in [-0.05, 0) is 80.8 Å². The van der Waals surface area contributed by atoms with E-state index in [1.807, 2.05) is 32.0 Å². The molecule has 0 heterocycles. The number of carbonyl (C=O) groups excluding carboxylic acids is 1. The fraction of sp³-hybridized carbons (Fsp3) is 0.269. The third-order valence-electron chi connectivity index (χ3n) is 5.04. The molecule has 1 amide bonds. The first-order valence-corrected chi connectivity index (χ1v) is 12.7. The normalized spacial score (nSPS) is 11.9. The van der Waals surface area contributed by atoms with Crippen molar-refractivity contribution in [1.29, 1.82) is 0 Å². The summed E-state index contributed by atoms with van der Waals surface area (Å²) in [4.78, 5) is 12.3. The van der Waals surface area contributed by atoms with Crippen LogP contribution in [0.2, 0.25) is 0 Å². The number of hydrogen-bond acceptors (Lipinski definition) is 5. The molecule has 2 N–H and O–H groups in total. The van der Waals surface area contributed by atoms with Crippen molar-refractivity contribution in [2.75, 3.05) is 17.9 Å². The van der Waals surface area contributed by atoms with E-state index in [0.29, 0.717) is 23.8 Å². The zero-order valence-corrected chi connectivity index (χ0v) is 20.2. The Balaban J connectivity index is 1.46. The van der Waals surface area contributed by atoms with Gasteiger partial charge in [-0.2, -0.15) is 0 Å². The standard InChI is InChI=1S/C26H30N2O5S/c1-3-32-23-13-11-22(12-14-23)28-34(30,31)25-17-15-24(16-18-25)33-19-26(29)27-20(2)9-10-21-7-5-4-6-8-21/h4-8,11-18,20,28H,3,9-10,19H2,1-2H3,(H,27,29)/t20-/m0/s1. The fourth-order valence-electron chi connectivity index (χ4n) is 3.28. The van der Waals surface area contributed by atoms with Crippen LogP contribution in [0.4, 0.5) is 5.69 Å². The predicted molar refractivity (Wildman–Crippen MR) is 133 cm³/mol. The van der Waals surface area contributed by atoms with E-state index < -0.39 is 10.0 Å². The van der Waals surface area contributed by atoms with E-state index in [2.05, 4.69) is 22.2 Å². The molecule has 3 aromatic carbocycles. The van der Waals surface area contributed by atoms with Crippen LogP contribution >= 0.6 is 0 Å². The van der Waals surface area contributed by atoms with Crippen molar-refractivity contribution >= 4 is 21.6 Å². The van der Waals surface area contributed by atoms with Gasteiger partial charge in [0.1, 0.15) is 11.5 Å². The molecule has 1 atom stereocenters. The lowest BCUT2D eigenvalue weighted by atomic mass is 10.1. The maximum atomic E-state index is 12.6. The average Bonchev–Trinajstić information content (AvgIpc) is 2.84. The van der Waals surface area contributed by atoms with Crippen molar-refractivity contribution in [3.05, 3.63) is 84.4 Å². The second-order valence-corrected chi connectivity index (χ2v) is 9.50. The minimum atomic E-state index is -3.76. The molecule has 0 bridgehead atoms. The van der Waals surface area contributed by atoms with Gasteiger partial charge in [0.15, 0.2) is 6.61 Å². The van der Waals surface area contributed by atoms with Gasteiger partial charge in [0, 0.05) is 11.7 Å². The van der Waals surface area contributed by atoms with E-state index in [0.717, 1.165) is 12.8 Å². The number of nitrogens with one attached hydrogen (secondary N) is 2. The molecule has 0 saturated heterocycles. The summed E-state index contributed by atoms with van der Waals surface area (Å²) in [6, 6.07) is 22.7. The zero-order chi connectivity index (χ0) is 24.4. The topological polar surface area (TPSA) is 93.7 Å². The Bertz CT molecular complexity index is 1150. The van der Waals surface area contributed by atoms with Crippen LogP contribution in [0.5, 0.6) is 11.5 Å². The number of amides is 1. The van der Waals surface area contributed by atoms with Crippen LogP contribution in [-0.4, -0.2) is 33.6 Å². The van der Waals surface area contributed by atoms with E-state index in [4.69, 9.17) is 9.47 Å². The van der Waals surface area contributed by atoms with Crippen LogP contribution in [0.3, 0.4) is 0 Å². The predicted octanol–water partition coefficient (Wildman–Crippen LogP) is 4.40. The molecule has 0 saturated carbocycles. The molecule has 0 aliphatic rings. The molecule has 0 spiro atoms. The van der Waals surface area contributed by atoms with Crippen molar-refractivity contribution in [3.8, 4) is 11.5 Å².